The molecule has 20 heavy (non-hydrogen) atoms. The molecule has 0 radical (unpaired) electrons. The van der Waals surface area contributed by atoms with Crippen LogP contribution in [0.4, 0.5) is 4.79 Å². The van der Waals surface area contributed by atoms with Gasteiger partial charge in [0.25, 0.3) is 0 Å². The fourth-order valence-corrected chi connectivity index (χ4v) is 1.71. The van der Waals surface area contributed by atoms with Crippen LogP contribution < -0.4 is 10.6 Å². The third kappa shape index (κ3) is 9.48. The maximum atomic E-state index is 11.8. The van der Waals surface area contributed by atoms with Crippen molar-refractivity contribution < 1.29 is 24.2 Å². The van der Waals surface area contributed by atoms with E-state index in [4.69, 9.17) is 9.84 Å². The maximum Gasteiger partial charge on any atom is 0.408 e. The van der Waals surface area contributed by atoms with Crippen LogP contribution in [0.5, 0.6) is 0 Å². The van der Waals surface area contributed by atoms with E-state index in [1.165, 1.54) is 11.8 Å². The summed E-state index contributed by atoms with van der Waals surface area (Å²) >= 11 is 1.52. The van der Waals surface area contributed by atoms with Gasteiger partial charge in [0.2, 0.25) is 5.91 Å². The van der Waals surface area contributed by atoms with Crippen molar-refractivity contribution in [2.75, 3.05) is 18.6 Å². The molecule has 116 valence electrons. The van der Waals surface area contributed by atoms with E-state index in [0.29, 0.717) is 12.2 Å². The van der Waals surface area contributed by atoms with E-state index in [0.717, 1.165) is 0 Å². The molecule has 3 N–H and O–H groups in total. The van der Waals surface area contributed by atoms with Crippen molar-refractivity contribution in [3.8, 4) is 0 Å². The summed E-state index contributed by atoms with van der Waals surface area (Å²) in [7, 11) is 0. The highest BCUT2D eigenvalue weighted by Crippen LogP contribution is 2.08. The van der Waals surface area contributed by atoms with Crippen LogP contribution >= 0.6 is 11.8 Å². The van der Waals surface area contributed by atoms with Gasteiger partial charge in [0.15, 0.2) is 0 Å². The first-order valence-corrected chi connectivity index (χ1v) is 7.53. The van der Waals surface area contributed by atoms with Crippen LogP contribution in [-0.2, 0) is 14.3 Å². The molecule has 0 aromatic rings. The molecule has 0 aromatic heterocycles. The number of hydrogen-bond acceptors (Lipinski definition) is 5. The fraction of sp³-hybridized carbons (Fsp3) is 0.750. The number of amides is 2. The lowest BCUT2D eigenvalue weighted by Gasteiger charge is -2.23. The molecule has 0 aliphatic heterocycles. The lowest BCUT2D eigenvalue weighted by Crippen LogP contribution is -2.49. The first kappa shape index (κ1) is 18.6. The fourth-order valence-electron chi connectivity index (χ4n) is 1.24. The number of nitrogens with one attached hydrogen (secondary N) is 2. The highest BCUT2D eigenvalue weighted by atomic mass is 32.2. The van der Waals surface area contributed by atoms with Crippen LogP contribution in [0.1, 0.15) is 27.2 Å². The number of alkyl carbamates (subject to hydrolysis) is 1. The van der Waals surface area contributed by atoms with Gasteiger partial charge in [-0.2, -0.15) is 11.8 Å². The summed E-state index contributed by atoms with van der Waals surface area (Å²) in [6, 6.07) is -0.809. The van der Waals surface area contributed by atoms with Crippen molar-refractivity contribution in [3.05, 3.63) is 0 Å². The van der Waals surface area contributed by atoms with Crippen molar-refractivity contribution in [1.29, 1.82) is 0 Å². The Kier molecular flexibility index (Phi) is 8.05. The van der Waals surface area contributed by atoms with Gasteiger partial charge < -0.3 is 20.5 Å². The SMILES string of the molecule is CSCCC(NC(=O)OC(C)(C)C)C(=O)NCC(=O)O. The molecular formula is C12H22N2O5S. The number of carbonyl (C=O) groups excluding carboxylic acids is 2. The van der Waals surface area contributed by atoms with Gasteiger partial charge in [-0.25, -0.2) is 4.79 Å². The summed E-state index contributed by atoms with van der Waals surface area (Å²) in [6.45, 7) is 4.67. The Morgan fingerprint density at radius 3 is 2.35 bits per heavy atom. The van der Waals surface area contributed by atoms with E-state index in [2.05, 4.69) is 10.6 Å². The Balaban J connectivity index is 4.50. The predicted octanol–water partition coefficient (Wildman–Crippen LogP) is 0.834. The molecule has 7 nitrogen and oxygen atoms in total. The standard InChI is InChI=1S/C12H22N2O5S/c1-12(2,3)19-11(18)14-8(5-6-20-4)10(17)13-7-9(15)16/h8H,5-7H2,1-4H3,(H,13,17)(H,14,18)(H,15,16). The second kappa shape index (κ2) is 8.68. The van der Waals surface area contributed by atoms with E-state index < -0.39 is 36.2 Å². The summed E-state index contributed by atoms with van der Waals surface area (Å²) in [5, 5.41) is 13.2. The second-order valence-electron chi connectivity index (χ2n) is 5.09. The first-order chi connectivity index (χ1) is 9.15. The molecule has 0 fully saturated rings. The Hall–Kier alpha value is -1.44. The largest absolute Gasteiger partial charge is 0.480 e. The van der Waals surface area contributed by atoms with Gasteiger partial charge in [-0.15, -0.1) is 0 Å². The van der Waals surface area contributed by atoms with Crippen molar-refractivity contribution >= 4 is 29.7 Å². The molecule has 0 saturated heterocycles. The van der Waals surface area contributed by atoms with E-state index in [1.807, 2.05) is 6.26 Å². The number of rotatable bonds is 7. The Bertz CT molecular complexity index is 354. The highest BCUT2D eigenvalue weighted by molar-refractivity contribution is 7.98. The lowest BCUT2D eigenvalue weighted by atomic mass is 10.2. The molecule has 0 bridgehead atoms. The van der Waals surface area contributed by atoms with Gasteiger partial charge in [0.05, 0.1) is 0 Å². The first-order valence-electron chi connectivity index (χ1n) is 6.13. The summed E-state index contributed by atoms with van der Waals surface area (Å²) in [6.07, 6.45) is 1.57. The molecule has 0 aromatic carbocycles. The van der Waals surface area contributed by atoms with E-state index in [1.54, 1.807) is 20.8 Å². The highest BCUT2D eigenvalue weighted by Gasteiger charge is 2.24. The van der Waals surface area contributed by atoms with Crippen LogP contribution in [0.25, 0.3) is 0 Å². The summed E-state index contributed by atoms with van der Waals surface area (Å²) in [5.41, 5.74) is -0.661. The second-order valence-corrected chi connectivity index (χ2v) is 6.08. The van der Waals surface area contributed by atoms with Gasteiger partial charge in [-0.1, -0.05) is 0 Å². The Morgan fingerprint density at radius 1 is 1.30 bits per heavy atom. The summed E-state index contributed by atoms with van der Waals surface area (Å²) in [4.78, 5) is 33.9. The van der Waals surface area contributed by atoms with Crippen LogP contribution in [0.15, 0.2) is 0 Å². The van der Waals surface area contributed by atoms with Crippen molar-refractivity contribution in [1.82, 2.24) is 10.6 Å². The van der Waals surface area contributed by atoms with E-state index in [9.17, 15) is 14.4 Å². The van der Waals surface area contributed by atoms with Crippen LogP contribution in [0.2, 0.25) is 0 Å². The van der Waals surface area contributed by atoms with Gasteiger partial charge in [0, 0.05) is 0 Å². The number of carboxylic acids is 1. The smallest absolute Gasteiger partial charge is 0.408 e. The number of aliphatic carboxylic acids is 1. The predicted molar refractivity (Wildman–Crippen MR) is 76.8 cm³/mol. The van der Waals surface area contributed by atoms with Crippen LogP contribution in [0, 0.1) is 0 Å². The average Bonchev–Trinajstić information content (AvgIpc) is 2.28. The summed E-state index contributed by atoms with van der Waals surface area (Å²) in [5.74, 6) is -1.02. The van der Waals surface area contributed by atoms with Crippen molar-refractivity contribution in [3.63, 3.8) is 0 Å². The maximum absolute atomic E-state index is 11.8. The number of ether oxygens (including phenoxy) is 1. The lowest BCUT2D eigenvalue weighted by molar-refractivity contribution is -0.138. The molecule has 1 atom stereocenters. The van der Waals surface area contributed by atoms with Crippen LogP contribution in [0.3, 0.4) is 0 Å². The zero-order valence-electron chi connectivity index (χ0n) is 12.2. The normalized spacial score (nSPS) is 12.4. The quantitative estimate of drug-likeness (QED) is 0.643. The zero-order valence-corrected chi connectivity index (χ0v) is 13.0. The van der Waals surface area contributed by atoms with E-state index >= 15 is 0 Å². The molecule has 0 aliphatic rings. The minimum Gasteiger partial charge on any atom is -0.480 e. The van der Waals surface area contributed by atoms with Gasteiger partial charge in [0.1, 0.15) is 18.2 Å². The minimum absolute atomic E-state index is 0.395. The van der Waals surface area contributed by atoms with Gasteiger partial charge in [-0.3, -0.25) is 9.59 Å². The average molecular weight is 306 g/mol. The van der Waals surface area contributed by atoms with Gasteiger partial charge >= 0.3 is 12.1 Å². The zero-order chi connectivity index (χ0) is 15.8. The number of carbonyl (C=O) groups is 3. The molecule has 0 spiro atoms. The molecule has 1 unspecified atom stereocenters. The molecule has 0 rings (SSSR count). The number of carboxylic acid groups (broad SMARTS) is 1. The Morgan fingerprint density at radius 2 is 1.90 bits per heavy atom. The molecule has 0 saturated carbocycles. The third-order valence-corrected chi connectivity index (χ3v) is 2.68. The molecule has 0 heterocycles. The minimum atomic E-state index is -1.14. The molecule has 0 aliphatic carbocycles. The Labute approximate surface area is 122 Å². The topological polar surface area (TPSA) is 105 Å². The molecule has 2 amide bonds. The van der Waals surface area contributed by atoms with E-state index in [-0.39, 0.29) is 0 Å². The molecular weight excluding hydrogens is 284 g/mol. The van der Waals surface area contributed by atoms with Crippen LogP contribution in [-0.4, -0.2) is 53.3 Å². The van der Waals surface area contributed by atoms with Crippen molar-refractivity contribution in [2.24, 2.45) is 0 Å². The van der Waals surface area contributed by atoms with Gasteiger partial charge in [-0.05, 0) is 39.2 Å². The monoisotopic (exact) mass is 306 g/mol. The summed E-state index contributed by atoms with van der Waals surface area (Å²) < 4.78 is 5.07. The third-order valence-electron chi connectivity index (χ3n) is 2.03. The van der Waals surface area contributed by atoms with Crippen molar-refractivity contribution in [2.45, 2.75) is 38.8 Å². The number of hydrogen-bond donors (Lipinski definition) is 3. The molecule has 8 heteroatoms. The number of thioether (sulfide) groups is 1.